The van der Waals surface area contributed by atoms with E-state index in [0.717, 1.165) is 0 Å². The molecule has 2 rings (SSSR count). The van der Waals surface area contributed by atoms with Crippen LogP contribution in [0.15, 0.2) is 29.2 Å². The van der Waals surface area contributed by atoms with Gasteiger partial charge in [0.2, 0.25) is 11.5 Å². The molecule has 0 saturated heterocycles. The van der Waals surface area contributed by atoms with E-state index in [9.17, 15) is 4.79 Å². The van der Waals surface area contributed by atoms with E-state index in [2.05, 4.69) is 14.9 Å². The van der Waals surface area contributed by atoms with Crippen LogP contribution in [0.5, 0.6) is 0 Å². The Bertz CT molecular complexity index is 433. The molecule has 14 heavy (non-hydrogen) atoms. The molecule has 0 aliphatic rings. The van der Waals surface area contributed by atoms with Gasteiger partial charge >= 0.3 is 0 Å². The minimum atomic E-state index is -0.546. The Balaban J connectivity index is 2.45. The highest BCUT2D eigenvalue weighted by Crippen LogP contribution is 2.08. The van der Waals surface area contributed by atoms with Gasteiger partial charge in [0, 0.05) is 12.4 Å². The second kappa shape index (κ2) is 3.30. The Labute approximate surface area is 78.4 Å². The van der Waals surface area contributed by atoms with E-state index in [1.807, 2.05) is 5.43 Å². The molecule has 0 aliphatic heterocycles. The molecule has 72 valence electrons. The number of nitrogen functional groups attached to an aromatic ring is 1. The van der Waals surface area contributed by atoms with Crippen molar-refractivity contribution >= 4 is 5.91 Å². The fourth-order valence-electron chi connectivity index (χ4n) is 1.04. The number of amides is 1. The van der Waals surface area contributed by atoms with Gasteiger partial charge in [0.05, 0.1) is 0 Å². The summed E-state index contributed by atoms with van der Waals surface area (Å²) in [7, 11) is 0. The van der Waals surface area contributed by atoms with Crippen LogP contribution in [-0.4, -0.2) is 20.8 Å². The summed E-state index contributed by atoms with van der Waals surface area (Å²) in [5.41, 5.74) is 2.00. The molecular weight excluding hydrogens is 186 g/mol. The number of nitrogens with zero attached hydrogens (tertiary/aromatic N) is 3. The first-order chi connectivity index (χ1) is 6.83. The molecule has 0 aromatic carbocycles. The largest absolute Gasteiger partial charge is 0.304 e. The number of carbonyl (C=O) groups is 1. The predicted molar refractivity (Wildman–Crippen MR) is 45.3 cm³/mol. The van der Waals surface area contributed by atoms with Gasteiger partial charge in [-0.15, -0.1) is 0 Å². The van der Waals surface area contributed by atoms with Crippen molar-refractivity contribution in [1.29, 1.82) is 0 Å². The van der Waals surface area contributed by atoms with Crippen molar-refractivity contribution in [2.75, 3.05) is 0 Å². The van der Waals surface area contributed by atoms with Gasteiger partial charge in [-0.25, -0.2) is 10.5 Å². The van der Waals surface area contributed by atoms with Crippen molar-refractivity contribution in [1.82, 2.24) is 20.3 Å². The summed E-state index contributed by atoms with van der Waals surface area (Å²) < 4.78 is 6.05. The summed E-state index contributed by atoms with van der Waals surface area (Å²) in [6, 6.07) is 3.58. The summed E-state index contributed by atoms with van der Waals surface area (Å²) in [6.45, 7) is 0. The fraction of sp³-hybridized carbons (Fsp3) is 0. The van der Waals surface area contributed by atoms with Gasteiger partial charge in [0.15, 0.2) is 0 Å². The van der Waals surface area contributed by atoms with E-state index < -0.39 is 5.91 Å². The van der Waals surface area contributed by atoms with Gasteiger partial charge in [-0.1, -0.05) is 0 Å². The van der Waals surface area contributed by atoms with Crippen LogP contribution < -0.4 is 11.3 Å². The Kier molecular flexibility index (Phi) is 1.99. The maximum absolute atomic E-state index is 11.2. The van der Waals surface area contributed by atoms with Gasteiger partial charge in [0.25, 0.3) is 5.91 Å². The molecule has 0 bridgehead atoms. The molecule has 1 amide bonds. The highest BCUT2D eigenvalue weighted by Gasteiger charge is 2.17. The number of aromatic nitrogens is 3. The van der Waals surface area contributed by atoms with Gasteiger partial charge in [-0.2, -0.15) is 0 Å². The average molecular weight is 193 g/mol. The number of nitrogens with one attached hydrogen (secondary N) is 1. The summed E-state index contributed by atoms with van der Waals surface area (Å²) in [4.78, 5) is 11.2. The molecule has 0 saturated carbocycles. The molecular formula is C7H7N5O2. The van der Waals surface area contributed by atoms with Crippen LogP contribution >= 0.6 is 0 Å². The van der Waals surface area contributed by atoms with Crippen molar-refractivity contribution in [3.05, 3.63) is 30.2 Å². The first-order valence-corrected chi connectivity index (χ1v) is 3.80. The van der Waals surface area contributed by atoms with Crippen LogP contribution in [0, 0.1) is 0 Å². The Morgan fingerprint density at radius 2 is 2.14 bits per heavy atom. The molecule has 0 fully saturated rings. The highest BCUT2D eigenvalue weighted by atomic mass is 16.6. The van der Waals surface area contributed by atoms with Crippen LogP contribution in [0.4, 0.5) is 0 Å². The quantitative estimate of drug-likeness (QED) is 0.379. The van der Waals surface area contributed by atoms with E-state index >= 15 is 0 Å². The third-order valence-corrected chi connectivity index (χ3v) is 1.67. The molecule has 0 unspecified atom stereocenters. The summed E-state index contributed by atoms with van der Waals surface area (Å²) in [5, 5.41) is 7.03. The second-order valence-corrected chi connectivity index (χ2v) is 2.50. The minimum Gasteiger partial charge on any atom is -0.304 e. The number of nitrogens with two attached hydrogens (primary N) is 1. The summed E-state index contributed by atoms with van der Waals surface area (Å²) in [5.74, 6) is 4.72. The van der Waals surface area contributed by atoms with Crippen LogP contribution in [-0.2, 0) is 0 Å². The number of hydrazine groups is 1. The number of rotatable bonds is 2. The standard InChI is InChI=1S/C7H7N5O2/c8-9-7(13)5-6(11-14-10-5)12-3-1-2-4-12/h1-4H,8H2,(H,9,13). The fourth-order valence-corrected chi connectivity index (χ4v) is 1.04. The van der Waals surface area contributed by atoms with Crippen LogP contribution in [0.25, 0.3) is 5.82 Å². The molecule has 2 heterocycles. The molecule has 0 atom stereocenters. The van der Waals surface area contributed by atoms with Gasteiger partial charge in [-0.05, 0) is 22.4 Å². The molecule has 3 N–H and O–H groups in total. The van der Waals surface area contributed by atoms with Crippen LogP contribution in [0.3, 0.4) is 0 Å². The third-order valence-electron chi connectivity index (χ3n) is 1.67. The smallest absolute Gasteiger partial charge is 0.291 e. The highest BCUT2D eigenvalue weighted by molar-refractivity contribution is 5.94. The first kappa shape index (κ1) is 8.45. The second-order valence-electron chi connectivity index (χ2n) is 2.50. The van der Waals surface area contributed by atoms with E-state index in [1.165, 1.54) is 0 Å². The lowest BCUT2D eigenvalue weighted by molar-refractivity contribution is 0.0944. The van der Waals surface area contributed by atoms with E-state index in [4.69, 9.17) is 5.84 Å². The Morgan fingerprint density at radius 3 is 2.79 bits per heavy atom. The predicted octanol–water partition coefficient (Wildman–Crippen LogP) is -0.536. The zero-order chi connectivity index (χ0) is 9.97. The van der Waals surface area contributed by atoms with E-state index in [0.29, 0.717) is 5.82 Å². The number of hydrogen-bond donors (Lipinski definition) is 2. The van der Waals surface area contributed by atoms with Crippen molar-refractivity contribution in [3.63, 3.8) is 0 Å². The molecule has 0 spiro atoms. The summed E-state index contributed by atoms with van der Waals surface area (Å²) >= 11 is 0. The van der Waals surface area contributed by atoms with Gasteiger partial charge < -0.3 is 4.57 Å². The van der Waals surface area contributed by atoms with Crippen LogP contribution in [0.1, 0.15) is 10.5 Å². The normalized spacial score (nSPS) is 10.1. The first-order valence-electron chi connectivity index (χ1n) is 3.80. The van der Waals surface area contributed by atoms with Gasteiger partial charge in [0.1, 0.15) is 0 Å². The minimum absolute atomic E-state index is 0.0451. The average Bonchev–Trinajstić information content (AvgIpc) is 2.85. The third kappa shape index (κ3) is 1.25. The number of hydrogen-bond acceptors (Lipinski definition) is 5. The monoisotopic (exact) mass is 193 g/mol. The Hall–Kier alpha value is -2.15. The zero-order valence-corrected chi connectivity index (χ0v) is 7.04. The van der Waals surface area contributed by atoms with Crippen LogP contribution in [0.2, 0.25) is 0 Å². The maximum atomic E-state index is 11.2. The van der Waals surface area contributed by atoms with Crippen molar-refractivity contribution < 1.29 is 9.42 Å². The Morgan fingerprint density at radius 1 is 1.43 bits per heavy atom. The van der Waals surface area contributed by atoms with Crippen molar-refractivity contribution in [2.45, 2.75) is 0 Å². The number of carbonyl (C=O) groups excluding carboxylic acids is 1. The maximum Gasteiger partial charge on any atom is 0.291 e. The molecule has 0 aliphatic carbocycles. The molecule has 0 radical (unpaired) electrons. The molecule has 2 aromatic rings. The van der Waals surface area contributed by atoms with E-state index in [1.54, 1.807) is 29.1 Å². The lowest BCUT2D eigenvalue weighted by atomic mass is 10.4. The topological polar surface area (TPSA) is 99.0 Å². The zero-order valence-electron chi connectivity index (χ0n) is 7.04. The molecule has 7 nitrogen and oxygen atoms in total. The molecule has 7 heteroatoms. The lowest BCUT2D eigenvalue weighted by Gasteiger charge is -1.97. The van der Waals surface area contributed by atoms with E-state index in [-0.39, 0.29) is 5.69 Å². The van der Waals surface area contributed by atoms with Crippen molar-refractivity contribution in [3.8, 4) is 5.82 Å². The summed E-state index contributed by atoms with van der Waals surface area (Å²) in [6.07, 6.45) is 3.43. The van der Waals surface area contributed by atoms with Gasteiger partial charge in [-0.3, -0.25) is 10.2 Å². The SMILES string of the molecule is NNC(=O)c1nonc1-n1cccc1. The molecule has 2 aromatic heterocycles. The lowest BCUT2D eigenvalue weighted by Crippen LogP contribution is -2.31. The van der Waals surface area contributed by atoms with Crippen molar-refractivity contribution in [2.24, 2.45) is 5.84 Å².